The summed E-state index contributed by atoms with van der Waals surface area (Å²) < 4.78 is 23.0. The maximum atomic E-state index is 13.9. The third kappa shape index (κ3) is 13.4. The summed E-state index contributed by atoms with van der Waals surface area (Å²) in [7, 11) is 0. The Balaban J connectivity index is 1.76. The first-order chi connectivity index (χ1) is 22.3. The summed E-state index contributed by atoms with van der Waals surface area (Å²) in [5.74, 6) is -0.414. The fourth-order valence-corrected chi connectivity index (χ4v) is 6.21. The molecule has 2 N–H and O–H groups in total. The monoisotopic (exact) mass is 672 g/mol. The second kappa shape index (κ2) is 17.0. The maximum absolute atomic E-state index is 13.9. The number of ketones is 1. The van der Waals surface area contributed by atoms with Gasteiger partial charge in [-0.25, -0.2) is 4.79 Å². The molecule has 1 saturated carbocycles. The number of benzene rings is 1. The molecule has 2 aliphatic heterocycles. The zero-order chi connectivity index (χ0) is 35.7. The molecule has 2 bridgehead atoms. The number of nitrogens with one attached hydrogen (secondary N) is 2. The molecular weight excluding hydrogens is 612 g/mol. The van der Waals surface area contributed by atoms with Crippen LogP contribution in [0.15, 0.2) is 24.3 Å². The van der Waals surface area contributed by atoms with Gasteiger partial charge in [0.05, 0.1) is 24.7 Å². The third-order valence-corrected chi connectivity index (χ3v) is 8.81. The minimum atomic E-state index is -1.09. The van der Waals surface area contributed by atoms with Gasteiger partial charge in [0.2, 0.25) is 5.91 Å². The Morgan fingerprint density at radius 1 is 0.938 bits per heavy atom. The molecule has 0 unspecified atom stereocenters. The van der Waals surface area contributed by atoms with E-state index in [0.717, 1.165) is 24.2 Å². The molecule has 1 aromatic rings. The lowest BCUT2D eigenvalue weighted by atomic mass is 9.68. The van der Waals surface area contributed by atoms with Gasteiger partial charge < -0.3 is 29.6 Å². The Labute approximate surface area is 287 Å². The number of esters is 1. The Bertz CT molecular complexity index is 1230. The van der Waals surface area contributed by atoms with Crippen molar-refractivity contribution in [2.75, 3.05) is 19.8 Å². The van der Waals surface area contributed by atoms with Gasteiger partial charge in [0.15, 0.2) is 0 Å². The average Bonchev–Trinajstić information content (AvgIpc) is 2.92. The van der Waals surface area contributed by atoms with Crippen LogP contribution in [0.2, 0.25) is 0 Å². The highest BCUT2D eigenvalue weighted by atomic mass is 16.6. The summed E-state index contributed by atoms with van der Waals surface area (Å²) in [6.45, 7) is 18.3. The van der Waals surface area contributed by atoms with E-state index in [4.69, 9.17) is 18.9 Å². The minimum Gasteiger partial charge on any atom is -0.494 e. The fourth-order valence-electron chi connectivity index (χ4n) is 6.21. The lowest BCUT2D eigenvalue weighted by Crippen LogP contribution is -2.48. The van der Waals surface area contributed by atoms with E-state index in [0.29, 0.717) is 45.5 Å². The van der Waals surface area contributed by atoms with E-state index in [1.807, 2.05) is 79.7 Å². The molecule has 4 rings (SSSR count). The number of Topliss-reactive ketones (excluding diaryl/α,β-unsaturated/α-hetero) is 1. The van der Waals surface area contributed by atoms with E-state index in [2.05, 4.69) is 10.6 Å². The number of rotatable bonds is 9. The summed E-state index contributed by atoms with van der Waals surface area (Å²) in [4.78, 5) is 53.6. The number of alkyl carbamates (subject to hydrolysis) is 1. The SMILES string of the molecule is CC(C)[C@H]1COCCCCOc2ccc(cc2)C[C@@H](CC(=O)C[C@@](C)(CC2CC(NC(=O)OC(C)(C)C)C2)C(=O)OC(C)(C)C)C(=O)N1. The van der Waals surface area contributed by atoms with Crippen LogP contribution in [-0.2, 0) is 35.0 Å². The first kappa shape index (κ1) is 39.3. The number of carbonyl (C=O) groups is 4. The standard InChI is InChI=1S/C38H60N2O8/c1-25(2)32-24-45-16-10-11-17-46-31-14-12-26(13-15-31)18-28(33(42)40-32)21-30(41)23-38(9,34(43)47-36(3,4)5)22-27-19-29(20-27)39-35(44)48-37(6,7)8/h12-15,25,27-29,32H,10-11,16-24H2,1-9H3,(H,39,44)(H,40,42)/t27?,28-,29?,32+,38+/m0/s1. The van der Waals surface area contributed by atoms with Crippen molar-refractivity contribution in [1.29, 1.82) is 0 Å². The molecule has 3 aliphatic rings. The van der Waals surface area contributed by atoms with Gasteiger partial charge in [-0.1, -0.05) is 26.0 Å². The normalized spacial score (nSPS) is 24.0. The molecule has 0 aromatic heterocycles. The van der Waals surface area contributed by atoms with Gasteiger partial charge >= 0.3 is 12.1 Å². The largest absolute Gasteiger partial charge is 0.494 e. The molecule has 1 aromatic carbocycles. The van der Waals surface area contributed by atoms with Crippen molar-refractivity contribution in [1.82, 2.24) is 10.6 Å². The summed E-state index contributed by atoms with van der Waals surface area (Å²) >= 11 is 0. The fraction of sp³-hybridized carbons (Fsp3) is 0.737. The summed E-state index contributed by atoms with van der Waals surface area (Å²) in [6.07, 6.45) is 3.36. The molecule has 1 fully saturated rings. The van der Waals surface area contributed by atoms with E-state index in [-0.39, 0.29) is 48.5 Å². The predicted octanol–water partition coefficient (Wildman–Crippen LogP) is 6.57. The Kier molecular flexibility index (Phi) is 13.9. The molecule has 0 spiro atoms. The summed E-state index contributed by atoms with van der Waals surface area (Å²) in [6, 6.07) is 7.42. The van der Waals surface area contributed by atoms with Crippen molar-refractivity contribution in [3.8, 4) is 5.75 Å². The highest BCUT2D eigenvalue weighted by Gasteiger charge is 2.44. The van der Waals surface area contributed by atoms with Crippen molar-refractivity contribution >= 4 is 23.8 Å². The van der Waals surface area contributed by atoms with Crippen molar-refractivity contribution in [3.05, 3.63) is 29.8 Å². The lowest BCUT2D eigenvalue weighted by molar-refractivity contribution is -0.170. The molecule has 0 radical (unpaired) electrons. The average molecular weight is 673 g/mol. The van der Waals surface area contributed by atoms with Gasteiger partial charge in [-0.05, 0) is 117 Å². The minimum absolute atomic E-state index is 0.0123. The second-order valence-corrected chi connectivity index (χ2v) is 16.4. The first-order valence-corrected chi connectivity index (χ1v) is 17.7. The molecule has 48 heavy (non-hydrogen) atoms. The number of hydrogen-bond donors (Lipinski definition) is 2. The number of fused-ring (bicyclic) bond motifs is 13. The molecule has 0 saturated heterocycles. The van der Waals surface area contributed by atoms with Crippen LogP contribution in [-0.4, -0.2) is 66.9 Å². The van der Waals surface area contributed by atoms with E-state index in [9.17, 15) is 19.2 Å². The van der Waals surface area contributed by atoms with E-state index in [1.54, 1.807) is 6.92 Å². The summed E-state index contributed by atoms with van der Waals surface area (Å²) in [5, 5.41) is 6.07. The van der Waals surface area contributed by atoms with Crippen molar-refractivity contribution < 1.29 is 38.1 Å². The second-order valence-electron chi connectivity index (χ2n) is 16.4. The van der Waals surface area contributed by atoms with Gasteiger partial charge in [0.1, 0.15) is 22.7 Å². The molecule has 2 amide bonds. The maximum Gasteiger partial charge on any atom is 0.407 e. The topological polar surface area (TPSA) is 129 Å². The van der Waals surface area contributed by atoms with Gasteiger partial charge in [-0.3, -0.25) is 14.4 Å². The highest BCUT2D eigenvalue weighted by Crippen LogP contribution is 2.42. The smallest absolute Gasteiger partial charge is 0.407 e. The van der Waals surface area contributed by atoms with E-state index >= 15 is 0 Å². The molecule has 1 aliphatic carbocycles. The van der Waals surface area contributed by atoms with Crippen LogP contribution in [0.3, 0.4) is 0 Å². The molecule has 10 nitrogen and oxygen atoms in total. The number of hydrogen-bond acceptors (Lipinski definition) is 8. The van der Waals surface area contributed by atoms with Crippen molar-refractivity contribution in [2.45, 2.75) is 137 Å². The van der Waals surface area contributed by atoms with Crippen LogP contribution in [0.5, 0.6) is 5.75 Å². The van der Waals surface area contributed by atoms with Gasteiger partial charge in [0, 0.05) is 31.4 Å². The molecule has 270 valence electrons. The number of ether oxygens (including phenoxy) is 4. The Morgan fingerprint density at radius 2 is 1.56 bits per heavy atom. The van der Waals surface area contributed by atoms with Crippen LogP contribution in [0.25, 0.3) is 0 Å². The van der Waals surface area contributed by atoms with Crippen molar-refractivity contribution in [2.24, 2.45) is 23.2 Å². The molecule has 10 heteroatoms. The number of carbonyl (C=O) groups excluding carboxylic acids is 4. The summed E-state index contributed by atoms with van der Waals surface area (Å²) in [5.41, 5.74) is -1.48. The predicted molar refractivity (Wildman–Crippen MR) is 185 cm³/mol. The van der Waals surface area contributed by atoms with E-state index < -0.39 is 34.6 Å². The quantitative estimate of drug-likeness (QED) is 0.282. The zero-order valence-electron chi connectivity index (χ0n) is 30.7. The number of amides is 2. The van der Waals surface area contributed by atoms with Crippen LogP contribution in [0.4, 0.5) is 4.79 Å². The van der Waals surface area contributed by atoms with Crippen LogP contribution < -0.4 is 15.4 Å². The van der Waals surface area contributed by atoms with Gasteiger partial charge in [0.25, 0.3) is 0 Å². The molecular formula is C38H60N2O8. The zero-order valence-corrected chi connectivity index (χ0v) is 30.7. The lowest BCUT2D eigenvalue weighted by Gasteiger charge is -2.41. The molecule has 2 heterocycles. The van der Waals surface area contributed by atoms with Crippen LogP contribution in [0.1, 0.15) is 113 Å². The Morgan fingerprint density at radius 3 is 2.17 bits per heavy atom. The first-order valence-electron chi connectivity index (χ1n) is 17.7. The van der Waals surface area contributed by atoms with Crippen LogP contribution >= 0.6 is 0 Å². The van der Waals surface area contributed by atoms with E-state index in [1.165, 1.54) is 0 Å². The molecule has 3 atom stereocenters. The van der Waals surface area contributed by atoms with Crippen molar-refractivity contribution in [3.63, 3.8) is 0 Å². The van der Waals surface area contributed by atoms with Gasteiger partial charge in [-0.15, -0.1) is 0 Å². The third-order valence-electron chi connectivity index (χ3n) is 8.81. The Hall–Kier alpha value is -3.14. The van der Waals surface area contributed by atoms with Crippen LogP contribution in [0, 0.1) is 23.2 Å². The van der Waals surface area contributed by atoms with Gasteiger partial charge in [-0.2, -0.15) is 0 Å². The highest BCUT2D eigenvalue weighted by molar-refractivity contribution is 5.90.